The predicted octanol–water partition coefficient (Wildman–Crippen LogP) is 0.781. The van der Waals surface area contributed by atoms with Gasteiger partial charge in [-0.05, 0) is 32.1 Å². The highest BCUT2D eigenvalue weighted by Gasteiger charge is 2.49. The van der Waals surface area contributed by atoms with Crippen LogP contribution in [0.15, 0.2) is 5.16 Å². The molecule has 0 N–H and O–H groups in total. The Kier molecular flexibility index (Phi) is 3.98. The average Bonchev–Trinajstić information content (AvgIpc) is 3.25. The van der Waals surface area contributed by atoms with Gasteiger partial charge < -0.3 is 19.4 Å². The van der Waals surface area contributed by atoms with Gasteiger partial charge in [0.2, 0.25) is 5.91 Å². The lowest BCUT2D eigenvalue weighted by molar-refractivity contribution is -0.143. The van der Waals surface area contributed by atoms with Crippen molar-refractivity contribution in [3.8, 4) is 0 Å². The number of fused-ring (bicyclic) bond motifs is 1. The fourth-order valence-electron chi connectivity index (χ4n) is 4.23. The molecule has 0 aromatic rings. The smallest absolute Gasteiger partial charge is 0.272 e. The topological polar surface area (TPSA) is 71.4 Å². The normalized spacial score (nSPS) is 30.6. The number of hydrogen-bond donors (Lipinski definition) is 0. The monoisotopic (exact) mass is 335 g/mol. The summed E-state index contributed by atoms with van der Waals surface area (Å²) in [5.74, 6) is 0.00566. The van der Waals surface area contributed by atoms with Crippen LogP contribution in [0.1, 0.15) is 38.5 Å². The van der Waals surface area contributed by atoms with E-state index in [0.717, 1.165) is 45.2 Å². The number of amides is 2. The van der Waals surface area contributed by atoms with Crippen LogP contribution in [0.4, 0.5) is 0 Å². The summed E-state index contributed by atoms with van der Waals surface area (Å²) in [6.07, 6.45) is 5.39. The Balaban J connectivity index is 1.38. The van der Waals surface area contributed by atoms with Crippen molar-refractivity contribution in [1.82, 2.24) is 9.80 Å². The number of methoxy groups -OCH3 is 1. The van der Waals surface area contributed by atoms with E-state index in [4.69, 9.17) is 9.57 Å². The van der Waals surface area contributed by atoms with E-state index in [2.05, 4.69) is 5.16 Å². The van der Waals surface area contributed by atoms with Gasteiger partial charge in [-0.1, -0.05) is 5.16 Å². The summed E-state index contributed by atoms with van der Waals surface area (Å²) in [5.41, 5.74) is 0.236. The van der Waals surface area contributed by atoms with Crippen molar-refractivity contribution in [1.29, 1.82) is 0 Å². The lowest BCUT2D eigenvalue weighted by atomic mass is 9.77. The number of nitrogens with zero attached hydrogens (tertiary/aromatic N) is 3. The van der Waals surface area contributed by atoms with E-state index in [9.17, 15) is 9.59 Å². The quantitative estimate of drug-likeness (QED) is 0.761. The lowest BCUT2D eigenvalue weighted by Gasteiger charge is -2.40. The van der Waals surface area contributed by atoms with Gasteiger partial charge in [0.05, 0.1) is 24.5 Å². The highest BCUT2D eigenvalue weighted by Crippen LogP contribution is 2.39. The van der Waals surface area contributed by atoms with Crippen LogP contribution in [-0.4, -0.2) is 72.3 Å². The molecule has 3 heterocycles. The second kappa shape index (κ2) is 6.02. The lowest BCUT2D eigenvalue weighted by Crippen LogP contribution is -2.45. The van der Waals surface area contributed by atoms with Crippen molar-refractivity contribution in [3.63, 3.8) is 0 Å². The Bertz CT molecular complexity index is 561. The van der Waals surface area contributed by atoms with Gasteiger partial charge in [-0.3, -0.25) is 9.59 Å². The summed E-state index contributed by atoms with van der Waals surface area (Å²) < 4.78 is 5.56. The van der Waals surface area contributed by atoms with E-state index < -0.39 is 0 Å². The van der Waals surface area contributed by atoms with Crippen LogP contribution in [0.25, 0.3) is 0 Å². The third-order valence-electron chi connectivity index (χ3n) is 6.04. The first-order chi connectivity index (χ1) is 11.6. The Labute approximate surface area is 141 Å². The zero-order valence-electron chi connectivity index (χ0n) is 14.2. The molecule has 132 valence electrons. The minimum atomic E-state index is -0.266. The predicted molar refractivity (Wildman–Crippen MR) is 86.4 cm³/mol. The van der Waals surface area contributed by atoms with Crippen molar-refractivity contribution >= 4 is 17.5 Å². The highest BCUT2D eigenvalue weighted by atomic mass is 16.6. The van der Waals surface area contributed by atoms with E-state index in [-0.39, 0.29) is 29.4 Å². The number of oxime groups is 1. The number of carbonyl (C=O) groups excluding carboxylic acids is 2. The van der Waals surface area contributed by atoms with Gasteiger partial charge in [-0.15, -0.1) is 0 Å². The first kappa shape index (κ1) is 15.9. The third-order valence-corrected chi connectivity index (χ3v) is 6.04. The summed E-state index contributed by atoms with van der Waals surface area (Å²) in [7, 11) is 1.69. The van der Waals surface area contributed by atoms with Crippen LogP contribution in [0, 0.1) is 5.92 Å². The van der Waals surface area contributed by atoms with Crippen LogP contribution in [0.2, 0.25) is 0 Å². The Morgan fingerprint density at radius 2 is 1.96 bits per heavy atom. The largest absolute Gasteiger partial charge is 0.389 e. The average molecular weight is 335 g/mol. The molecule has 2 saturated heterocycles. The molecule has 1 aliphatic carbocycles. The number of hydrogen-bond acceptors (Lipinski definition) is 5. The molecule has 2 atom stereocenters. The van der Waals surface area contributed by atoms with E-state index in [1.54, 1.807) is 7.11 Å². The number of carbonyl (C=O) groups is 2. The summed E-state index contributed by atoms with van der Waals surface area (Å²) in [5, 5.41) is 4.04. The molecule has 7 nitrogen and oxygen atoms in total. The Morgan fingerprint density at radius 1 is 1.21 bits per heavy atom. The molecule has 0 unspecified atom stereocenters. The molecule has 3 aliphatic heterocycles. The molecule has 1 saturated carbocycles. The molecule has 0 spiro atoms. The standard InChI is InChI=1S/C17H25N3O4/c1-23-17(5-4-6-17)9-14(21)20-10-12-13(11-20)24-18-15(12)16(22)19-7-2-3-8-19/h12-13H,2-11H2,1H3/t12-,13+/m0/s1. The summed E-state index contributed by atoms with van der Waals surface area (Å²) in [6, 6.07) is 0. The third kappa shape index (κ3) is 2.59. The van der Waals surface area contributed by atoms with Crippen molar-refractivity contribution in [2.75, 3.05) is 33.3 Å². The van der Waals surface area contributed by atoms with Crippen LogP contribution in [0.3, 0.4) is 0 Å². The molecule has 3 fully saturated rings. The molecule has 7 heteroatoms. The molecular formula is C17H25N3O4. The van der Waals surface area contributed by atoms with E-state index >= 15 is 0 Å². The SMILES string of the molecule is COC1(CC(=O)N2C[C@@H]3C(C(=O)N4CCCC4)=NO[C@@H]3C2)CCC1. The van der Waals surface area contributed by atoms with Crippen LogP contribution in [0.5, 0.6) is 0 Å². The molecule has 4 rings (SSSR count). The highest BCUT2D eigenvalue weighted by molar-refractivity contribution is 6.40. The van der Waals surface area contributed by atoms with Gasteiger partial charge in [-0.2, -0.15) is 0 Å². The molecule has 0 aromatic heterocycles. The Hall–Kier alpha value is -1.63. The zero-order chi connectivity index (χ0) is 16.7. The summed E-state index contributed by atoms with van der Waals surface area (Å²) >= 11 is 0. The maximum atomic E-state index is 12.6. The van der Waals surface area contributed by atoms with Gasteiger partial charge >= 0.3 is 0 Å². The summed E-state index contributed by atoms with van der Waals surface area (Å²) in [4.78, 5) is 34.4. The van der Waals surface area contributed by atoms with Crippen LogP contribution in [-0.2, 0) is 19.2 Å². The molecule has 2 amide bonds. The summed E-state index contributed by atoms with van der Waals surface area (Å²) in [6.45, 7) is 2.65. The maximum Gasteiger partial charge on any atom is 0.272 e. The van der Waals surface area contributed by atoms with Gasteiger partial charge in [0.1, 0.15) is 0 Å². The molecule has 0 aromatic carbocycles. The molecular weight excluding hydrogens is 310 g/mol. The fraction of sp³-hybridized carbons (Fsp3) is 0.824. The maximum absolute atomic E-state index is 12.6. The number of ether oxygens (including phenoxy) is 1. The zero-order valence-corrected chi connectivity index (χ0v) is 14.2. The van der Waals surface area contributed by atoms with E-state index in [1.165, 1.54) is 0 Å². The number of rotatable bonds is 4. The van der Waals surface area contributed by atoms with Crippen molar-refractivity contribution < 1.29 is 19.2 Å². The van der Waals surface area contributed by atoms with Gasteiger partial charge in [0, 0.05) is 26.7 Å². The van der Waals surface area contributed by atoms with Crippen LogP contribution < -0.4 is 0 Å². The van der Waals surface area contributed by atoms with Crippen molar-refractivity contribution in [3.05, 3.63) is 0 Å². The van der Waals surface area contributed by atoms with Gasteiger partial charge in [0.25, 0.3) is 5.91 Å². The van der Waals surface area contributed by atoms with E-state index in [1.807, 2.05) is 9.80 Å². The molecule has 0 bridgehead atoms. The van der Waals surface area contributed by atoms with Gasteiger partial charge in [-0.25, -0.2) is 0 Å². The van der Waals surface area contributed by atoms with Crippen molar-refractivity contribution in [2.45, 2.75) is 50.2 Å². The van der Waals surface area contributed by atoms with Crippen LogP contribution >= 0.6 is 0 Å². The van der Waals surface area contributed by atoms with Crippen molar-refractivity contribution in [2.24, 2.45) is 11.1 Å². The first-order valence-electron chi connectivity index (χ1n) is 8.98. The minimum Gasteiger partial charge on any atom is -0.389 e. The first-order valence-corrected chi connectivity index (χ1v) is 8.98. The molecule has 0 radical (unpaired) electrons. The fourth-order valence-corrected chi connectivity index (χ4v) is 4.23. The second-order valence-electron chi connectivity index (χ2n) is 7.44. The Morgan fingerprint density at radius 3 is 2.58 bits per heavy atom. The molecule has 4 aliphatic rings. The molecule has 24 heavy (non-hydrogen) atoms. The van der Waals surface area contributed by atoms with E-state index in [0.29, 0.717) is 25.2 Å². The minimum absolute atomic E-state index is 0.0124. The number of likely N-dealkylation sites (tertiary alicyclic amines) is 2. The second-order valence-corrected chi connectivity index (χ2v) is 7.44. The van der Waals surface area contributed by atoms with Gasteiger partial charge in [0.15, 0.2) is 11.8 Å².